The van der Waals surface area contributed by atoms with E-state index in [9.17, 15) is 19.8 Å². The van der Waals surface area contributed by atoms with Crippen molar-refractivity contribution in [3.8, 4) is 0 Å². The Kier molecular flexibility index (Phi) is 49.5. The van der Waals surface area contributed by atoms with Gasteiger partial charge in [0, 0.05) is 6.42 Å². The smallest absolute Gasteiger partial charge is 0.306 e. The number of amides is 1. The number of unbranched alkanes of at least 4 members (excludes halogenated alkanes) is 37. The van der Waals surface area contributed by atoms with Crippen molar-refractivity contribution in [3.05, 3.63) is 12.2 Å². The van der Waals surface area contributed by atoms with Gasteiger partial charge in [0.2, 0.25) is 5.91 Å². The fourth-order valence-electron chi connectivity index (χ4n) is 8.85. The Bertz CT molecular complexity index is 939. The SMILES string of the molecule is CCCCCCCC/C=C\CCCC(CC(=O)NC(CO)C(O)CCCCCCCCCCCCCCC)OC(=O)CCCCCCCCCCCCCCCCCCCCC. The van der Waals surface area contributed by atoms with Crippen LogP contribution in [0.4, 0.5) is 0 Å². The molecule has 1 amide bonds. The quantitative estimate of drug-likeness (QED) is 0.0321. The topological polar surface area (TPSA) is 95.9 Å². The summed E-state index contributed by atoms with van der Waals surface area (Å²) in [6.07, 6.45) is 57.1. The van der Waals surface area contributed by atoms with Crippen molar-refractivity contribution in [2.75, 3.05) is 6.61 Å². The molecule has 3 N–H and O–H groups in total. The molecule has 0 aromatic carbocycles. The predicted octanol–water partition coefficient (Wildman–Crippen LogP) is 16.9. The maximum absolute atomic E-state index is 13.2. The molecule has 3 unspecified atom stereocenters. The number of hydrogen-bond donors (Lipinski definition) is 3. The molecular weight excluding hydrogens is 767 g/mol. The van der Waals surface area contributed by atoms with Gasteiger partial charge in [-0.1, -0.05) is 264 Å². The number of carbonyl (C=O) groups excluding carboxylic acids is 2. The lowest BCUT2D eigenvalue weighted by Crippen LogP contribution is -2.46. The van der Waals surface area contributed by atoms with Crippen molar-refractivity contribution in [1.82, 2.24) is 5.32 Å². The summed E-state index contributed by atoms with van der Waals surface area (Å²) in [5.74, 6) is -0.483. The standard InChI is InChI=1S/C56H109NO5/c1-4-7-10-13-16-19-22-24-25-26-27-28-29-31-34-37-40-43-46-49-56(61)62-52(47-44-41-38-35-32-21-18-15-12-9-6-3)50-55(60)57-53(51-58)54(59)48-45-42-39-36-33-30-23-20-17-14-11-8-5-2/h35,38,52-54,58-59H,4-34,36-37,39-51H2,1-3H3,(H,57,60)/b38-35-. The van der Waals surface area contributed by atoms with Crippen molar-refractivity contribution in [1.29, 1.82) is 0 Å². The third kappa shape index (κ3) is 45.2. The first-order valence-corrected chi connectivity index (χ1v) is 27.9. The molecule has 0 bridgehead atoms. The number of nitrogens with one attached hydrogen (secondary N) is 1. The van der Waals surface area contributed by atoms with Crippen LogP contribution in [0.15, 0.2) is 12.2 Å². The van der Waals surface area contributed by atoms with Gasteiger partial charge in [0.25, 0.3) is 0 Å². The number of esters is 1. The summed E-state index contributed by atoms with van der Waals surface area (Å²) in [6.45, 7) is 6.50. The molecule has 0 rings (SSSR count). The summed E-state index contributed by atoms with van der Waals surface area (Å²) < 4.78 is 5.93. The van der Waals surface area contributed by atoms with E-state index in [1.807, 2.05) is 0 Å². The summed E-state index contributed by atoms with van der Waals surface area (Å²) in [4.78, 5) is 26.2. The van der Waals surface area contributed by atoms with E-state index in [1.165, 1.54) is 212 Å². The molecule has 3 atom stereocenters. The summed E-state index contributed by atoms with van der Waals surface area (Å²) in [5.41, 5.74) is 0. The van der Waals surface area contributed by atoms with Gasteiger partial charge in [-0.2, -0.15) is 0 Å². The summed E-state index contributed by atoms with van der Waals surface area (Å²) >= 11 is 0. The fourth-order valence-corrected chi connectivity index (χ4v) is 8.85. The molecule has 62 heavy (non-hydrogen) atoms. The van der Waals surface area contributed by atoms with Gasteiger partial charge in [-0.3, -0.25) is 9.59 Å². The van der Waals surface area contributed by atoms with E-state index in [2.05, 4.69) is 38.2 Å². The Balaban J connectivity index is 4.43. The highest BCUT2D eigenvalue weighted by atomic mass is 16.5. The van der Waals surface area contributed by atoms with Crippen LogP contribution in [0, 0.1) is 0 Å². The number of aliphatic hydroxyl groups is 2. The molecule has 0 saturated heterocycles. The lowest BCUT2D eigenvalue weighted by atomic mass is 10.0. The Morgan fingerprint density at radius 1 is 0.452 bits per heavy atom. The molecule has 0 saturated carbocycles. The van der Waals surface area contributed by atoms with Crippen LogP contribution < -0.4 is 5.32 Å². The molecule has 0 fully saturated rings. The molecule has 0 aliphatic rings. The number of hydrogen-bond acceptors (Lipinski definition) is 5. The highest BCUT2D eigenvalue weighted by Gasteiger charge is 2.24. The highest BCUT2D eigenvalue weighted by molar-refractivity contribution is 5.77. The Morgan fingerprint density at radius 3 is 1.18 bits per heavy atom. The minimum Gasteiger partial charge on any atom is -0.462 e. The van der Waals surface area contributed by atoms with Gasteiger partial charge in [-0.15, -0.1) is 0 Å². The molecule has 0 aromatic heterocycles. The largest absolute Gasteiger partial charge is 0.462 e. The van der Waals surface area contributed by atoms with E-state index in [0.717, 1.165) is 51.4 Å². The fraction of sp³-hybridized carbons (Fsp3) is 0.929. The second kappa shape index (κ2) is 50.6. The van der Waals surface area contributed by atoms with Gasteiger partial charge < -0.3 is 20.3 Å². The second-order valence-electron chi connectivity index (χ2n) is 19.3. The molecular formula is C56H109NO5. The average Bonchev–Trinajstić information content (AvgIpc) is 3.26. The molecule has 0 heterocycles. The van der Waals surface area contributed by atoms with Crippen LogP contribution in [-0.4, -0.2) is 46.9 Å². The Hall–Kier alpha value is -1.40. The van der Waals surface area contributed by atoms with Crippen molar-refractivity contribution < 1.29 is 24.5 Å². The van der Waals surface area contributed by atoms with Crippen molar-refractivity contribution >= 4 is 11.9 Å². The zero-order chi connectivity index (χ0) is 45.2. The Morgan fingerprint density at radius 2 is 0.790 bits per heavy atom. The van der Waals surface area contributed by atoms with E-state index >= 15 is 0 Å². The van der Waals surface area contributed by atoms with E-state index in [1.54, 1.807) is 0 Å². The first kappa shape index (κ1) is 60.6. The van der Waals surface area contributed by atoms with E-state index in [-0.39, 0.29) is 24.9 Å². The van der Waals surface area contributed by atoms with Crippen LogP contribution in [0.2, 0.25) is 0 Å². The molecule has 0 aliphatic heterocycles. The minimum atomic E-state index is -0.788. The molecule has 0 spiro atoms. The molecule has 0 aromatic rings. The first-order chi connectivity index (χ1) is 30.5. The molecule has 0 radical (unpaired) electrons. The summed E-state index contributed by atoms with van der Waals surface area (Å²) in [6, 6.07) is -0.703. The molecule has 368 valence electrons. The third-order valence-corrected chi connectivity index (χ3v) is 13.1. The van der Waals surface area contributed by atoms with E-state index in [0.29, 0.717) is 19.3 Å². The number of aliphatic hydroxyl groups excluding tert-OH is 2. The predicted molar refractivity (Wildman–Crippen MR) is 269 cm³/mol. The van der Waals surface area contributed by atoms with Gasteiger partial charge in [0.15, 0.2) is 0 Å². The maximum Gasteiger partial charge on any atom is 0.306 e. The van der Waals surface area contributed by atoms with Gasteiger partial charge in [0.1, 0.15) is 6.10 Å². The zero-order valence-electron chi connectivity index (χ0n) is 42.0. The minimum absolute atomic E-state index is 0.0639. The third-order valence-electron chi connectivity index (χ3n) is 13.1. The normalized spacial score (nSPS) is 13.2. The molecule has 6 heteroatoms. The van der Waals surface area contributed by atoms with Gasteiger partial charge in [-0.25, -0.2) is 0 Å². The zero-order valence-corrected chi connectivity index (χ0v) is 42.0. The lowest BCUT2D eigenvalue weighted by molar-refractivity contribution is -0.151. The van der Waals surface area contributed by atoms with Crippen LogP contribution in [0.25, 0.3) is 0 Å². The maximum atomic E-state index is 13.2. The van der Waals surface area contributed by atoms with Gasteiger partial charge >= 0.3 is 5.97 Å². The van der Waals surface area contributed by atoms with Crippen LogP contribution in [0.3, 0.4) is 0 Å². The molecule has 6 nitrogen and oxygen atoms in total. The van der Waals surface area contributed by atoms with E-state index in [4.69, 9.17) is 4.74 Å². The highest BCUT2D eigenvalue weighted by Crippen LogP contribution is 2.18. The van der Waals surface area contributed by atoms with Crippen LogP contribution in [0.1, 0.15) is 310 Å². The second-order valence-corrected chi connectivity index (χ2v) is 19.3. The van der Waals surface area contributed by atoms with Gasteiger partial charge in [-0.05, 0) is 44.9 Å². The van der Waals surface area contributed by atoms with Crippen molar-refractivity contribution in [2.24, 2.45) is 0 Å². The van der Waals surface area contributed by atoms with Crippen LogP contribution >= 0.6 is 0 Å². The monoisotopic (exact) mass is 876 g/mol. The van der Waals surface area contributed by atoms with Crippen LogP contribution in [-0.2, 0) is 14.3 Å². The Labute approximate surface area is 387 Å². The van der Waals surface area contributed by atoms with Gasteiger partial charge in [0.05, 0.1) is 25.2 Å². The van der Waals surface area contributed by atoms with Crippen molar-refractivity contribution in [2.45, 2.75) is 328 Å². The summed E-state index contributed by atoms with van der Waals surface area (Å²) in [5, 5.41) is 23.8. The number of rotatable bonds is 51. The molecule has 0 aliphatic carbocycles. The summed E-state index contributed by atoms with van der Waals surface area (Å²) in [7, 11) is 0. The van der Waals surface area contributed by atoms with Crippen LogP contribution in [0.5, 0.6) is 0 Å². The average molecular weight is 876 g/mol. The number of allylic oxidation sites excluding steroid dienone is 2. The number of ether oxygens (including phenoxy) is 1. The first-order valence-electron chi connectivity index (χ1n) is 27.9. The van der Waals surface area contributed by atoms with Crippen molar-refractivity contribution in [3.63, 3.8) is 0 Å². The van der Waals surface area contributed by atoms with E-state index < -0.39 is 18.2 Å². The lowest BCUT2D eigenvalue weighted by Gasteiger charge is -2.24. The number of carbonyl (C=O) groups is 2.